The maximum atomic E-state index is 12.4. The van der Waals surface area contributed by atoms with E-state index in [4.69, 9.17) is 25.8 Å². The molecule has 41 heavy (non-hydrogen) atoms. The summed E-state index contributed by atoms with van der Waals surface area (Å²) in [5.41, 5.74) is 4.49. The molecule has 0 spiro atoms. The van der Waals surface area contributed by atoms with Crippen LogP contribution in [0.5, 0.6) is 17.2 Å². The lowest BCUT2D eigenvalue weighted by molar-refractivity contribution is -0.136. The fraction of sp³-hybridized carbons (Fsp3) is 0.241. The van der Waals surface area contributed by atoms with Gasteiger partial charge in [-0.3, -0.25) is 14.4 Å². The highest BCUT2D eigenvalue weighted by Gasteiger charge is 2.15. The molecule has 0 aromatic heterocycles. The summed E-state index contributed by atoms with van der Waals surface area (Å²) < 4.78 is 17.1. The Kier molecular flexibility index (Phi) is 12.0. The first kappa shape index (κ1) is 31.4. The number of halogens is 2. The number of anilines is 2. The quantitative estimate of drug-likeness (QED) is 0.100. The highest BCUT2D eigenvalue weighted by atomic mass is 79.9. The zero-order chi connectivity index (χ0) is 29.8. The van der Waals surface area contributed by atoms with E-state index in [2.05, 4.69) is 44.0 Å². The van der Waals surface area contributed by atoms with E-state index in [1.54, 1.807) is 61.5 Å². The van der Waals surface area contributed by atoms with Crippen molar-refractivity contribution in [1.82, 2.24) is 5.43 Å². The summed E-state index contributed by atoms with van der Waals surface area (Å²) in [6.45, 7) is 4.21. The van der Waals surface area contributed by atoms with Gasteiger partial charge < -0.3 is 24.8 Å². The molecule has 0 saturated carbocycles. The van der Waals surface area contributed by atoms with Crippen molar-refractivity contribution in [1.29, 1.82) is 0 Å². The smallest absolute Gasteiger partial charge is 0.329 e. The summed E-state index contributed by atoms with van der Waals surface area (Å²) in [7, 11) is 1.45. The predicted octanol–water partition coefficient (Wildman–Crippen LogP) is 5.70. The number of hydrogen-bond acceptors (Lipinski definition) is 7. The monoisotopic (exact) mass is 644 g/mol. The summed E-state index contributed by atoms with van der Waals surface area (Å²) in [4.78, 5) is 36.8. The minimum Gasteiger partial charge on any atom is -0.494 e. The minimum atomic E-state index is -0.948. The third kappa shape index (κ3) is 9.51. The van der Waals surface area contributed by atoms with Gasteiger partial charge in [-0.1, -0.05) is 31.0 Å². The summed E-state index contributed by atoms with van der Waals surface area (Å²) in [6.07, 6.45) is 3.31. The van der Waals surface area contributed by atoms with E-state index >= 15 is 0 Å². The molecular weight excluding hydrogens is 616 g/mol. The van der Waals surface area contributed by atoms with Gasteiger partial charge in [0.1, 0.15) is 5.75 Å². The molecule has 0 bridgehead atoms. The zero-order valence-corrected chi connectivity index (χ0v) is 25.1. The molecule has 0 saturated heterocycles. The van der Waals surface area contributed by atoms with Crippen molar-refractivity contribution in [2.75, 3.05) is 31.0 Å². The van der Waals surface area contributed by atoms with Crippen molar-refractivity contribution in [3.8, 4) is 17.2 Å². The van der Waals surface area contributed by atoms with E-state index in [1.165, 1.54) is 13.3 Å². The summed E-state index contributed by atoms with van der Waals surface area (Å²) >= 11 is 9.51. The van der Waals surface area contributed by atoms with Crippen LogP contribution in [0.4, 0.5) is 11.4 Å². The Morgan fingerprint density at radius 3 is 2.49 bits per heavy atom. The largest absolute Gasteiger partial charge is 0.494 e. The van der Waals surface area contributed by atoms with E-state index in [-0.39, 0.29) is 12.5 Å². The molecule has 0 aliphatic carbocycles. The molecule has 0 radical (unpaired) electrons. The van der Waals surface area contributed by atoms with Crippen LogP contribution in [0.1, 0.15) is 30.9 Å². The molecule has 0 unspecified atom stereocenters. The van der Waals surface area contributed by atoms with Gasteiger partial charge in [-0.2, -0.15) is 5.10 Å². The van der Waals surface area contributed by atoms with Gasteiger partial charge >= 0.3 is 11.8 Å². The van der Waals surface area contributed by atoms with Crippen LogP contribution in [0.2, 0.25) is 5.02 Å². The van der Waals surface area contributed by atoms with Crippen molar-refractivity contribution in [2.24, 2.45) is 5.10 Å². The van der Waals surface area contributed by atoms with E-state index in [1.807, 2.05) is 0 Å². The number of carbonyl (C=O) groups excluding carboxylic acids is 3. The average Bonchev–Trinajstić information content (AvgIpc) is 2.95. The molecule has 0 fully saturated rings. The number of nitrogens with one attached hydrogen (secondary N) is 3. The second kappa shape index (κ2) is 15.6. The van der Waals surface area contributed by atoms with Crippen molar-refractivity contribution >= 4 is 62.8 Å². The Hall–Kier alpha value is -4.09. The highest BCUT2D eigenvalue weighted by molar-refractivity contribution is 9.10. The van der Waals surface area contributed by atoms with Crippen LogP contribution in [0, 0.1) is 6.92 Å². The van der Waals surface area contributed by atoms with Gasteiger partial charge in [0.2, 0.25) is 0 Å². The second-order valence-electron chi connectivity index (χ2n) is 8.66. The van der Waals surface area contributed by atoms with Crippen LogP contribution in [0.25, 0.3) is 0 Å². The van der Waals surface area contributed by atoms with E-state index in [0.717, 1.165) is 18.4 Å². The van der Waals surface area contributed by atoms with E-state index < -0.39 is 11.8 Å². The van der Waals surface area contributed by atoms with Gasteiger partial charge in [-0.05, 0) is 88.9 Å². The fourth-order valence-electron chi connectivity index (χ4n) is 3.39. The van der Waals surface area contributed by atoms with Gasteiger partial charge in [0.15, 0.2) is 18.1 Å². The number of rotatable bonds is 12. The Morgan fingerprint density at radius 2 is 1.78 bits per heavy atom. The molecule has 3 rings (SSSR count). The second-order valence-corrected chi connectivity index (χ2v) is 9.92. The maximum Gasteiger partial charge on any atom is 0.329 e. The molecule has 12 heteroatoms. The molecule has 216 valence electrons. The molecule has 3 aromatic carbocycles. The molecule has 3 N–H and O–H groups in total. The van der Waals surface area contributed by atoms with Crippen molar-refractivity contribution < 1.29 is 28.6 Å². The molecule has 0 heterocycles. The lowest BCUT2D eigenvalue weighted by Gasteiger charge is -2.14. The van der Waals surface area contributed by atoms with Gasteiger partial charge in [-0.15, -0.1) is 0 Å². The van der Waals surface area contributed by atoms with Crippen molar-refractivity contribution in [3.63, 3.8) is 0 Å². The topological polar surface area (TPSA) is 127 Å². The van der Waals surface area contributed by atoms with Crippen LogP contribution < -0.4 is 30.3 Å². The highest BCUT2D eigenvalue weighted by Crippen LogP contribution is 2.36. The predicted molar refractivity (Wildman–Crippen MR) is 162 cm³/mol. The molecule has 0 aliphatic rings. The number of amides is 3. The molecular formula is C29H30BrClN4O6. The van der Waals surface area contributed by atoms with Crippen LogP contribution in [0.3, 0.4) is 0 Å². The van der Waals surface area contributed by atoms with Crippen LogP contribution in [-0.4, -0.2) is 44.3 Å². The van der Waals surface area contributed by atoms with E-state index in [0.29, 0.717) is 50.3 Å². The lowest BCUT2D eigenvalue weighted by Crippen LogP contribution is -2.32. The Balaban J connectivity index is 1.54. The first-order valence-electron chi connectivity index (χ1n) is 12.6. The first-order chi connectivity index (χ1) is 19.7. The van der Waals surface area contributed by atoms with Gasteiger partial charge in [-0.25, -0.2) is 5.43 Å². The van der Waals surface area contributed by atoms with Gasteiger partial charge in [0.25, 0.3) is 5.91 Å². The fourth-order valence-corrected chi connectivity index (χ4v) is 4.14. The maximum absolute atomic E-state index is 12.4. The molecule has 0 aliphatic heterocycles. The minimum absolute atomic E-state index is 0.284. The van der Waals surface area contributed by atoms with Crippen LogP contribution in [-0.2, 0) is 14.4 Å². The third-order valence-electron chi connectivity index (χ3n) is 5.61. The third-order valence-corrected chi connectivity index (χ3v) is 6.60. The number of nitrogens with zero attached hydrogens (tertiary/aromatic N) is 1. The Labute approximate surface area is 251 Å². The SMILES string of the molecule is CCCCOc1ccc(NC(=O)C(=O)N/N=C\c2cc(Br)c(OCC(=O)Nc3cccc(Cl)c3C)c(OC)c2)cc1. The standard InChI is InChI=1S/C29H30BrClN4O6/c1-4-5-13-40-21-11-9-20(10-12-21)33-28(37)29(38)35-32-16-19-14-22(30)27(25(15-19)39-3)41-17-26(36)34-24-8-6-7-23(31)18(24)2/h6-12,14-16H,4-5,13,17H2,1-3H3,(H,33,37)(H,34,36)(H,35,38)/b32-16-. The molecule has 3 aromatic rings. The summed E-state index contributed by atoms with van der Waals surface area (Å²) in [6, 6.07) is 15.2. The van der Waals surface area contributed by atoms with Gasteiger partial charge in [0, 0.05) is 16.4 Å². The Bertz CT molecular complexity index is 1420. The molecule has 3 amide bonds. The number of carbonyl (C=O) groups is 3. The first-order valence-corrected chi connectivity index (χ1v) is 13.8. The lowest BCUT2D eigenvalue weighted by atomic mass is 10.2. The Morgan fingerprint density at radius 1 is 1.02 bits per heavy atom. The van der Waals surface area contributed by atoms with Crippen LogP contribution >= 0.6 is 27.5 Å². The normalized spacial score (nSPS) is 10.7. The van der Waals surface area contributed by atoms with Crippen molar-refractivity contribution in [3.05, 3.63) is 75.2 Å². The van der Waals surface area contributed by atoms with Crippen molar-refractivity contribution in [2.45, 2.75) is 26.7 Å². The zero-order valence-electron chi connectivity index (χ0n) is 22.8. The summed E-state index contributed by atoms with van der Waals surface area (Å²) in [5, 5.41) is 9.65. The number of benzene rings is 3. The van der Waals surface area contributed by atoms with E-state index in [9.17, 15) is 14.4 Å². The number of hydrogen-bond donors (Lipinski definition) is 3. The number of ether oxygens (including phenoxy) is 3. The molecule has 0 atom stereocenters. The van der Waals surface area contributed by atoms with Crippen LogP contribution in [0.15, 0.2) is 64.2 Å². The molecule has 10 nitrogen and oxygen atoms in total. The van der Waals surface area contributed by atoms with Gasteiger partial charge in [0.05, 0.1) is 24.4 Å². The number of methoxy groups -OCH3 is 1. The number of unbranched alkanes of at least 4 members (excludes halogenated alkanes) is 1. The average molecular weight is 646 g/mol. The number of hydrazone groups is 1. The summed E-state index contributed by atoms with van der Waals surface area (Å²) in [5.74, 6) is -0.912.